The minimum atomic E-state index is -3.43. The molecule has 0 aliphatic carbocycles. The van der Waals surface area contributed by atoms with Gasteiger partial charge < -0.3 is 9.88 Å². The van der Waals surface area contributed by atoms with Crippen molar-refractivity contribution in [2.45, 2.75) is 24.5 Å². The summed E-state index contributed by atoms with van der Waals surface area (Å²) in [6.45, 7) is 4.09. The van der Waals surface area contributed by atoms with Crippen LogP contribution in [0, 0.1) is 0 Å². The molecule has 0 saturated carbocycles. The van der Waals surface area contributed by atoms with Crippen LogP contribution in [0.4, 0.5) is 0 Å². The minimum absolute atomic E-state index is 0.0526. The first-order valence-corrected chi connectivity index (χ1v) is 6.70. The molecule has 90 valence electrons. The maximum absolute atomic E-state index is 12.1. The van der Waals surface area contributed by atoms with Crippen molar-refractivity contribution in [3.8, 4) is 0 Å². The van der Waals surface area contributed by atoms with Crippen LogP contribution in [0.1, 0.15) is 6.92 Å². The van der Waals surface area contributed by atoms with Gasteiger partial charge in [-0.15, -0.1) is 0 Å². The van der Waals surface area contributed by atoms with Gasteiger partial charge in [-0.2, -0.15) is 4.31 Å². The highest BCUT2D eigenvalue weighted by Crippen LogP contribution is 2.16. The Bertz CT molecular complexity index is 464. The van der Waals surface area contributed by atoms with Crippen LogP contribution in [-0.4, -0.2) is 48.5 Å². The van der Waals surface area contributed by atoms with Crippen molar-refractivity contribution in [1.29, 1.82) is 0 Å². The van der Waals surface area contributed by atoms with Crippen molar-refractivity contribution < 1.29 is 8.42 Å². The number of nitrogens with zero attached hydrogens (tertiary/aromatic N) is 3. The Labute approximate surface area is 95.3 Å². The van der Waals surface area contributed by atoms with Gasteiger partial charge in [0.15, 0.2) is 5.03 Å². The molecule has 16 heavy (non-hydrogen) atoms. The van der Waals surface area contributed by atoms with Gasteiger partial charge in [0.25, 0.3) is 10.0 Å². The molecule has 1 N–H and O–H groups in total. The van der Waals surface area contributed by atoms with E-state index in [0.29, 0.717) is 13.1 Å². The normalized spacial score (nSPS) is 17.7. The highest BCUT2D eigenvalue weighted by Gasteiger charge is 2.32. The van der Waals surface area contributed by atoms with Crippen LogP contribution in [0.3, 0.4) is 0 Å². The topological polar surface area (TPSA) is 67.2 Å². The maximum atomic E-state index is 12.1. The standard InChI is InChI=1S/C9H16N4O2S/c1-3-13-6-9(11-7-13)16(14,15)12(2)8-4-10-5-8/h6-8,10H,3-5H2,1-2H3. The molecule has 0 bridgehead atoms. The number of aryl methyl sites for hydroxylation is 1. The fraction of sp³-hybridized carbons (Fsp3) is 0.667. The predicted octanol–water partition coefficient (Wildman–Crippen LogP) is -0.505. The molecule has 0 radical (unpaired) electrons. The average Bonchev–Trinajstić information content (AvgIpc) is 2.63. The molecular weight excluding hydrogens is 228 g/mol. The Hall–Kier alpha value is -0.920. The van der Waals surface area contributed by atoms with Gasteiger partial charge in [0.2, 0.25) is 0 Å². The molecule has 0 unspecified atom stereocenters. The first-order valence-electron chi connectivity index (χ1n) is 5.26. The monoisotopic (exact) mass is 244 g/mol. The van der Waals surface area contributed by atoms with Crippen molar-refractivity contribution in [2.24, 2.45) is 0 Å². The molecule has 1 aliphatic rings. The molecule has 1 aromatic heterocycles. The third-order valence-corrected chi connectivity index (χ3v) is 4.69. The molecule has 2 rings (SSSR count). The number of imidazole rings is 1. The van der Waals surface area contributed by atoms with E-state index in [2.05, 4.69) is 10.3 Å². The Morgan fingerprint density at radius 1 is 1.62 bits per heavy atom. The molecule has 1 aromatic rings. The number of sulfonamides is 1. The highest BCUT2D eigenvalue weighted by molar-refractivity contribution is 7.89. The van der Waals surface area contributed by atoms with Gasteiger partial charge in [-0.3, -0.25) is 0 Å². The number of likely N-dealkylation sites (N-methyl/N-ethyl adjacent to an activating group) is 1. The SMILES string of the molecule is CCn1cnc(S(=O)(=O)N(C)C2CNC2)c1. The molecule has 7 heteroatoms. The van der Waals surface area contributed by atoms with E-state index in [0.717, 1.165) is 6.54 Å². The summed E-state index contributed by atoms with van der Waals surface area (Å²) in [5.74, 6) is 0. The van der Waals surface area contributed by atoms with E-state index in [-0.39, 0.29) is 11.1 Å². The van der Waals surface area contributed by atoms with Gasteiger partial charge >= 0.3 is 0 Å². The molecular formula is C9H16N4O2S. The largest absolute Gasteiger partial charge is 0.336 e. The fourth-order valence-corrected chi connectivity index (χ4v) is 2.81. The maximum Gasteiger partial charge on any atom is 0.262 e. The average molecular weight is 244 g/mol. The van der Waals surface area contributed by atoms with Crippen molar-refractivity contribution in [1.82, 2.24) is 19.2 Å². The van der Waals surface area contributed by atoms with E-state index in [1.807, 2.05) is 6.92 Å². The smallest absolute Gasteiger partial charge is 0.262 e. The Morgan fingerprint density at radius 3 is 2.75 bits per heavy atom. The van der Waals surface area contributed by atoms with Gasteiger partial charge in [-0.1, -0.05) is 0 Å². The first kappa shape index (κ1) is 11.6. The van der Waals surface area contributed by atoms with Crippen LogP contribution >= 0.6 is 0 Å². The van der Waals surface area contributed by atoms with E-state index < -0.39 is 10.0 Å². The molecule has 6 nitrogen and oxygen atoms in total. The van der Waals surface area contributed by atoms with Gasteiger partial charge in [0, 0.05) is 38.9 Å². The highest BCUT2D eigenvalue weighted by atomic mass is 32.2. The van der Waals surface area contributed by atoms with Crippen LogP contribution < -0.4 is 5.32 Å². The van der Waals surface area contributed by atoms with Crippen molar-refractivity contribution in [3.63, 3.8) is 0 Å². The lowest BCUT2D eigenvalue weighted by Gasteiger charge is -2.34. The third kappa shape index (κ3) is 1.85. The number of nitrogens with one attached hydrogen (secondary N) is 1. The summed E-state index contributed by atoms with van der Waals surface area (Å²) in [6, 6.07) is 0.0526. The van der Waals surface area contributed by atoms with Crippen molar-refractivity contribution >= 4 is 10.0 Å². The van der Waals surface area contributed by atoms with Gasteiger partial charge in [0.05, 0.1) is 6.33 Å². The van der Waals surface area contributed by atoms with E-state index in [9.17, 15) is 8.42 Å². The summed E-state index contributed by atoms with van der Waals surface area (Å²) in [7, 11) is -1.82. The Balaban J connectivity index is 2.23. The minimum Gasteiger partial charge on any atom is -0.336 e. The summed E-state index contributed by atoms with van der Waals surface area (Å²) in [5.41, 5.74) is 0. The summed E-state index contributed by atoms with van der Waals surface area (Å²) >= 11 is 0. The number of rotatable bonds is 4. The number of aromatic nitrogens is 2. The Kier molecular flexibility index (Phi) is 3.00. The number of hydrogen-bond donors (Lipinski definition) is 1. The van der Waals surface area contributed by atoms with E-state index in [4.69, 9.17) is 0 Å². The lowest BCUT2D eigenvalue weighted by molar-refractivity contribution is 0.273. The molecule has 1 fully saturated rings. The van der Waals surface area contributed by atoms with Crippen LogP contribution in [0.5, 0.6) is 0 Å². The van der Waals surface area contributed by atoms with Crippen LogP contribution in [-0.2, 0) is 16.6 Å². The van der Waals surface area contributed by atoms with Crippen molar-refractivity contribution in [3.05, 3.63) is 12.5 Å². The van der Waals surface area contributed by atoms with E-state index in [1.54, 1.807) is 24.1 Å². The first-order chi connectivity index (χ1) is 7.55. The van der Waals surface area contributed by atoms with Gasteiger partial charge in [-0.25, -0.2) is 13.4 Å². The zero-order valence-corrected chi connectivity index (χ0v) is 10.2. The lowest BCUT2D eigenvalue weighted by atomic mass is 10.2. The summed E-state index contributed by atoms with van der Waals surface area (Å²) in [5, 5.41) is 3.18. The molecule has 1 aliphatic heterocycles. The van der Waals surface area contributed by atoms with E-state index in [1.165, 1.54) is 4.31 Å². The molecule has 0 atom stereocenters. The molecule has 2 heterocycles. The zero-order valence-electron chi connectivity index (χ0n) is 9.42. The Morgan fingerprint density at radius 2 is 2.31 bits per heavy atom. The summed E-state index contributed by atoms with van der Waals surface area (Å²) < 4.78 is 27.4. The fourth-order valence-electron chi connectivity index (χ4n) is 1.52. The summed E-state index contributed by atoms with van der Waals surface area (Å²) in [6.07, 6.45) is 3.11. The lowest BCUT2D eigenvalue weighted by Crippen LogP contribution is -2.57. The third-order valence-electron chi connectivity index (χ3n) is 2.89. The van der Waals surface area contributed by atoms with Gasteiger partial charge in [-0.05, 0) is 6.92 Å². The molecule has 1 saturated heterocycles. The molecule has 0 amide bonds. The van der Waals surface area contributed by atoms with Crippen LogP contribution in [0.25, 0.3) is 0 Å². The molecule has 0 aromatic carbocycles. The van der Waals surface area contributed by atoms with Crippen molar-refractivity contribution in [2.75, 3.05) is 20.1 Å². The number of hydrogen-bond acceptors (Lipinski definition) is 4. The van der Waals surface area contributed by atoms with Crippen LogP contribution in [0.15, 0.2) is 17.6 Å². The molecule has 0 spiro atoms. The second-order valence-corrected chi connectivity index (χ2v) is 5.82. The second-order valence-electron chi connectivity index (χ2n) is 3.88. The van der Waals surface area contributed by atoms with E-state index >= 15 is 0 Å². The van der Waals surface area contributed by atoms with Crippen LogP contribution in [0.2, 0.25) is 0 Å². The predicted molar refractivity (Wildman–Crippen MR) is 59.5 cm³/mol. The second kappa shape index (κ2) is 4.15. The zero-order chi connectivity index (χ0) is 11.8. The quantitative estimate of drug-likeness (QED) is 0.775. The van der Waals surface area contributed by atoms with Gasteiger partial charge in [0.1, 0.15) is 0 Å². The summed E-state index contributed by atoms with van der Waals surface area (Å²) in [4.78, 5) is 3.93.